The highest BCUT2D eigenvalue weighted by Crippen LogP contribution is 2.38. The Morgan fingerprint density at radius 2 is 2.10 bits per heavy atom. The van der Waals surface area contributed by atoms with Crippen molar-refractivity contribution in [3.05, 3.63) is 52.9 Å². The van der Waals surface area contributed by atoms with Crippen LogP contribution in [-0.2, 0) is 5.60 Å². The summed E-state index contributed by atoms with van der Waals surface area (Å²) in [5.74, 6) is 2.13. The third-order valence-electron chi connectivity index (χ3n) is 3.68. The van der Waals surface area contributed by atoms with Gasteiger partial charge in [-0.3, -0.25) is 0 Å². The molecule has 0 bridgehead atoms. The second kappa shape index (κ2) is 5.62. The summed E-state index contributed by atoms with van der Waals surface area (Å²) < 4.78 is 0. The molecule has 1 unspecified atom stereocenters. The molecular formula is C16H18ClN3O. The summed E-state index contributed by atoms with van der Waals surface area (Å²) in [5.41, 5.74) is -0.362. The fourth-order valence-corrected chi connectivity index (χ4v) is 2.61. The summed E-state index contributed by atoms with van der Waals surface area (Å²) in [7, 11) is 0. The topological polar surface area (TPSA) is 58.0 Å². The summed E-state index contributed by atoms with van der Waals surface area (Å²) in [6.45, 7) is 2.07. The summed E-state index contributed by atoms with van der Waals surface area (Å²) in [4.78, 5) is 8.77. The highest BCUT2D eigenvalue weighted by atomic mass is 35.5. The Morgan fingerprint density at radius 3 is 2.81 bits per heavy atom. The molecule has 2 N–H and O–H groups in total. The van der Waals surface area contributed by atoms with Crippen LogP contribution < -0.4 is 5.32 Å². The molecule has 0 spiro atoms. The van der Waals surface area contributed by atoms with Gasteiger partial charge in [0.05, 0.1) is 0 Å². The first-order chi connectivity index (χ1) is 10.1. The van der Waals surface area contributed by atoms with Crippen molar-refractivity contribution in [1.29, 1.82) is 0 Å². The smallest absolute Gasteiger partial charge is 0.133 e. The van der Waals surface area contributed by atoms with E-state index in [-0.39, 0.29) is 0 Å². The van der Waals surface area contributed by atoms with Crippen molar-refractivity contribution < 1.29 is 5.11 Å². The zero-order chi connectivity index (χ0) is 14.9. The molecule has 1 heterocycles. The maximum Gasteiger partial charge on any atom is 0.133 e. The normalized spacial score (nSPS) is 17.3. The van der Waals surface area contributed by atoms with Crippen molar-refractivity contribution in [3.63, 3.8) is 0 Å². The monoisotopic (exact) mass is 303 g/mol. The third kappa shape index (κ3) is 3.34. The van der Waals surface area contributed by atoms with E-state index in [1.54, 1.807) is 19.2 Å². The number of anilines is 1. The SMILES string of the molecule is CC(O)(CNc1ccnc(C2CC2)n1)c1ccccc1Cl. The van der Waals surface area contributed by atoms with E-state index in [4.69, 9.17) is 11.6 Å². The lowest BCUT2D eigenvalue weighted by atomic mass is 9.96. The molecular weight excluding hydrogens is 286 g/mol. The average Bonchev–Trinajstić information content (AvgIpc) is 3.31. The number of hydrogen-bond donors (Lipinski definition) is 2. The van der Waals surface area contributed by atoms with E-state index in [1.807, 2.05) is 24.3 Å². The van der Waals surface area contributed by atoms with Gasteiger partial charge in [0.15, 0.2) is 0 Å². The molecule has 1 saturated carbocycles. The Bertz CT molecular complexity index is 641. The number of halogens is 1. The molecule has 1 aliphatic rings. The molecule has 1 fully saturated rings. The van der Waals surface area contributed by atoms with Crippen LogP contribution in [-0.4, -0.2) is 21.6 Å². The van der Waals surface area contributed by atoms with Crippen molar-refractivity contribution in [3.8, 4) is 0 Å². The van der Waals surface area contributed by atoms with E-state index in [2.05, 4.69) is 15.3 Å². The third-order valence-corrected chi connectivity index (χ3v) is 4.01. The molecule has 3 rings (SSSR count). The predicted octanol–water partition coefficient (Wildman–Crippen LogP) is 3.33. The summed E-state index contributed by atoms with van der Waals surface area (Å²) >= 11 is 6.15. The van der Waals surface area contributed by atoms with Gasteiger partial charge in [0.2, 0.25) is 0 Å². The molecule has 1 aromatic heterocycles. The first-order valence-electron chi connectivity index (χ1n) is 7.10. The van der Waals surface area contributed by atoms with Crippen molar-refractivity contribution in [2.75, 3.05) is 11.9 Å². The number of aliphatic hydroxyl groups is 1. The number of rotatable bonds is 5. The lowest BCUT2D eigenvalue weighted by molar-refractivity contribution is 0.0715. The largest absolute Gasteiger partial charge is 0.384 e. The lowest BCUT2D eigenvalue weighted by Gasteiger charge is -2.25. The molecule has 0 saturated heterocycles. The Balaban J connectivity index is 1.71. The molecule has 0 aliphatic heterocycles. The maximum atomic E-state index is 10.6. The molecule has 1 aromatic carbocycles. The molecule has 0 radical (unpaired) electrons. The number of benzene rings is 1. The van der Waals surface area contributed by atoms with Crippen molar-refractivity contribution in [2.45, 2.75) is 31.3 Å². The van der Waals surface area contributed by atoms with Crippen molar-refractivity contribution in [1.82, 2.24) is 9.97 Å². The Morgan fingerprint density at radius 1 is 1.33 bits per heavy atom. The van der Waals surface area contributed by atoms with E-state index in [0.29, 0.717) is 23.0 Å². The van der Waals surface area contributed by atoms with E-state index in [1.165, 1.54) is 12.8 Å². The van der Waals surface area contributed by atoms with Gasteiger partial charge >= 0.3 is 0 Å². The fourth-order valence-electron chi connectivity index (χ4n) is 2.27. The maximum absolute atomic E-state index is 10.6. The first-order valence-corrected chi connectivity index (χ1v) is 7.48. The quantitative estimate of drug-likeness (QED) is 0.889. The summed E-state index contributed by atoms with van der Waals surface area (Å²) in [6.07, 6.45) is 4.09. The van der Waals surface area contributed by atoms with E-state index in [0.717, 1.165) is 11.6 Å². The zero-order valence-electron chi connectivity index (χ0n) is 11.9. The Kier molecular flexibility index (Phi) is 3.83. The Labute approximate surface area is 129 Å². The minimum atomic E-state index is -1.07. The number of nitrogens with zero attached hydrogens (tertiary/aromatic N) is 2. The second-order valence-electron chi connectivity index (χ2n) is 5.68. The second-order valence-corrected chi connectivity index (χ2v) is 6.09. The molecule has 1 atom stereocenters. The van der Waals surface area contributed by atoms with Crippen LogP contribution in [0.25, 0.3) is 0 Å². The van der Waals surface area contributed by atoms with Crippen LogP contribution in [0.15, 0.2) is 36.5 Å². The Hall–Kier alpha value is -1.65. The minimum Gasteiger partial charge on any atom is -0.384 e. The van der Waals surface area contributed by atoms with Gasteiger partial charge in [-0.2, -0.15) is 0 Å². The first kappa shape index (κ1) is 14.3. The van der Waals surface area contributed by atoms with Crippen molar-refractivity contribution >= 4 is 17.4 Å². The highest BCUT2D eigenvalue weighted by molar-refractivity contribution is 6.31. The molecule has 21 heavy (non-hydrogen) atoms. The van der Waals surface area contributed by atoms with Gasteiger partial charge in [-0.15, -0.1) is 0 Å². The van der Waals surface area contributed by atoms with Gasteiger partial charge in [-0.1, -0.05) is 29.8 Å². The van der Waals surface area contributed by atoms with Crippen LogP contribution in [0.2, 0.25) is 5.02 Å². The molecule has 2 aromatic rings. The van der Waals surface area contributed by atoms with E-state index >= 15 is 0 Å². The lowest BCUT2D eigenvalue weighted by Crippen LogP contribution is -2.31. The average molecular weight is 304 g/mol. The van der Waals surface area contributed by atoms with Crippen LogP contribution in [0, 0.1) is 0 Å². The molecule has 110 valence electrons. The number of nitrogens with one attached hydrogen (secondary N) is 1. The van der Waals surface area contributed by atoms with Gasteiger partial charge < -0.3 is 10.4 Å². The van der Waals surface area contributed by atoms with Gasteiger partial charge in [-0.25, -0.2) is 9.97 Å². The van der Waals surface area contributed by atoms with Crippen LogP contribution in [0.1, 0.15) is 37.1 Å². The highest BCUT2D eigenvalue weighted by Gasteiger charge is 2.28. The standard InChI is InChI=1S/C16H18ClN3O/c1-16(21,12-4-2-3-5-13(12)17)10-19-14-8-9-18-15(20-14)11-6-7-11/h2-5,8-9,11,21H,6-7,10H2,1H3,(H,18,19,20). The van der Waals surface area contributed by atoms with Gasteiger partial charge in [-0.05, 0) is 31.9 Å². The van der Waals surface area contributed by atoms with Crippen LogP contribution in [0.5, 0.6) is 0 Å². The predicted molar refractivity (Wildman–Crippen MR) is 83.5 cm³/mol. The molecule has 0 amide bonds. The number of aromatic nitrogens is 2. The number of hydrogen-bond acceptors (Lipinski definition) is 4. The van der Waals surface area contributed by atoms with Gasteiger partial charge in [0, 0.05) is 29.2 Å². The minimum absolute atomic E-state index is 0.331. The summed E-state index contributed by atoms with van der Waals surface area (Å²) in [5, 5.41) is 14.4. The van der Waals surface area contributed by atoms with Crippen molar-refractivity contribution in [2.24, 2.45) is 0 Å². The van der Waals surface area contributed by atoms with E-state index in [9.17, 15) is 5.11 Å². The zero-order valence-corrected chi connectivity index (χ0v) is 12.6. The van der Waals surface area contributed by atoms with Gasteiger partial charge in [0.1, 0.15) is 17.2 Å². The van der Waals surface area contributed by atoms with Crippen LogP contribution in [0.4, 0.5) is 5.82 Å². The summed E-state index contributed by atoms with van der Waals surface area (Å²) in [6, 6.07) is 9.14. The molecule has 4 nitrogen and oxygen atoms in total. The van der Waals surface area contributed by atoms with Gasteiger partial charge in [0.25, 0.3) is 0 Å². The van der Waals surface area contributed by atoms with E-state index < -0.39 is 5.60 Å². The molecule has 1 aliphatic carbocycles. The van der Waals surface area contributed by atoms with Crippen LogP contribution >= 0.6 is 11.6 Å². The fraction of sp³-hybridized carbons (Fsp3) is 0.375. The van der Waals surface area contributed by atoms with Crippen LogP contribution in [0.3, 0.4) is 0 Å². The molecule has 5 heteroatoms.